The van der Waals surface area contributed by atoms with E-state index in [9.17, 15) is 14.7 Å². The molecule has 48 heavy (non-hydrogen) atoms. The molecule has 0 rings (SSSR count). The van der Waals surface area contributed by atoms with Crippen molar-refractivity contribution in [2.45, 2.75) is 251 Å². The topological polar surface area (TPSA) is 75.6 Å². The Hall–Kier alpha value is -1.10. The van der Waals surface area contributed by atoms with Crippen LogP contribution in [0.2, 0.25) is 0 Å². The van der Waals surface area contributed by atoms with Crippen molar-refractivity contribution in [2.75, 3.05) is 13.2 Å². The third kappa shape index (κ3) is 36.2. The predicted octanol–water partition coefficient (Wildman–Crippen LogP) is 13.1. The Morgan fingerprint density at radius 2 is 0.708 bits per heavy atom. The number of aliphatic hydroxyl groups is 1. The largest absolute Gasteiger partial charge is 0.464 e. The quantitative estimate of drug-likeness (QED) is 0.0499. The van der Waals surface area contributed by atoms with Crippen LogP contribution in [0.1, 0.15) is 245 Å². The van der Waals surface area contributed by atoms with Crippen LogP contribution in [0, 0.1) is 0 Å². The third-order valence-electron chi connectivity index (χ3n) is 10.1. The van der Waals surface area contributed by atoms with E-state index in [2.05, 4.69) is 19.2 Å². The van der Waals surface area contributed by atoms with Gasteiger partial charge in [-0.05, 0) is 12.8 Å². The van der Waals surface area contributed by atoms with Crippen molar-refractivity contribution in [3.05, 3.63) is 0 Å². The zero-order valence-corrected chi connectivity index (χ0v) is 32.6. The van der Waals surface area contributed by atoms with Crippen LogP contribution in [0.3, 0.4) is 0 Å². The summed E-state index contributed by atoms with van der Waals surface area (Å²) in [5.41, 5.74) is 0. The molecule has 0 fully saturated rings. The van der Waals surface area contributed by atoms with Gasteiger partial charge in [0.15, 0.2) is 6.04 Å². The van der Waals surface area contributed by atoms with Gasteiger partial charge < -0.3 is 15.2 Å². The van der Waals surface area contributed by atoms with Crippen molar-refractivity contribution in [3.8, 4) is 0 Å². The average molecular weight is 680 g/mol. The Labute approximate surface area is 300 Å². The van der Waals surface area contributed by atoms with Crippen molar-refractivity contribution in [2.24, 2.45) is 0 Å². The number of nitrogens with one attached hydrogen (secondary N) is 1. The van der Waals surface area contributed by atoms with E-state index in [0.29, 0.717) is 13.0 Å². The number of esters is 1. The molecule has 0 radical (unpaired) electrons. The first-order valence-electron chi connectivity index (χ1n) is 21.7. The first kappa shape index (κ1) is 46.9. The predicted molar refractivity (Wildman–Crippen MR) is 208 cm³/mol. The van der Waals surface area contributed by atoms with Gasteiger partial charge in [0.1, 0.15) is 0 Å². The van der Waals surface area contributed by atoms with E-state index in [1.165, 1.54) is 193 Å². The van der Waals surface area contributed by atoms with E-state index in [0.717, 1.165) is 32.1 Å². The molecule has 0 aliphatic rings. The lowest BCUT2D eigenvalue weighted by Gasteiger charge is -2.15. The summed E-state index contributed by atoms with van der Waals surface area (Å²) in [5.74, 6) is -0.682. The van der Waals surface area contributed by atoms with Gasteiger partial charge >= 0.3 is 5.97 Å². The number of carbonyl (C=O) groups excluding carboxylic acids is 2. The number of hydrogen-bond acceptors (Lipinski definition) is 4. The lowest BCUT2D eigenvalue weighted by Crippen LogP contribution is -2.44. The Balaban J connectivity index is 3.43. The fraction of sp³-hybridized carbons (Fsp3) is 0.953. The molecule has 0 spiro atoms. The summed E-state index contributed by atoms with van der Waals surface area (Å²) >= 11 is 0. The Bertz CT molecular complexity index is 655. The molecule has 0 aliphatic heterocycles. The molecule has 0 unspecified atom stereocenters. The van der Waals surface area contributed by atoms with E-state index in [-0.39, 0.29) is 5.91 Å². The molecule has 0 bridgehead atoms. The lowest BCUT2D eigenvalue weighted by atomic mass is 10.0. The van der Waals surface area contributed by atoms with Crippen LogP contribution in [0.25, 0.3) is 0 Å². The summed E-state index contributed by atoms with van der Waals surface area (Å²) in [6.45, 7) is 4.50. The Morgan fingerprint density at radius 3 is 1.00 bits per heavy atom. The van der Waals surface area contributed by atoms with Gasteiger partial charge in [-0.3, -0.25) is 4.79 Å². The van der Waals surface area contributed by atoms with Crippen molar-refractivity contribution < 1.29 is 19.4 Å². The number of carbonyl (C=O) groups is 2. The van der Waals surface area contributed by atoms with E-state index in [1.54, 1.807) is 0 Å². The van der Waals surface area contributed by atoms with Crippen LogP contribution >= 0.6 is 0 Å². The second-order valence-electron chi connectivity index (χ2n) is 14.9. The molecule has 286 valence electrons. The molecule has 0 aliphatic carbocycles. The van der Waals surface area contributed by atoms with E-state index < -0.39 is 18.6 Å². The summed E-state index contributed by atoms with van der Waals surface area (Å²) < 4.78 is 5.33. The molecule has 5 heteroatoms. The van der Waals surface area contributed by atoms with Crippen LogP contribution < -0.4 is 5.32 Å². The van der Waals surface area contributed by atoms with Crippen molar-refractivity contribution in [3.63, 3.8) is 0 Å². The van der Waals surface area contributed by atoms with E-state index >= 15 is 0 Å². The molecule has 2 N–H and O–H groups in total. The Kier molecular flexibility index (Phi) is 39.4. The highest BCUT2D eigenvalue weighted by Gasteiger charge is 2.21. The number of rotatable bonds is 40. The van der Waals surface area contributed by atoms with Crippen molar-refractivity contribution in [1.82, 2.24) is 5.32 Å². The SMILES string of the molecule is CCCCCCCCCCCCCCCCCCCCCCCCCC(=O)N[C@@H](CO)C(=O)OCCCCCCCCCCCCCC. The highest BCUT2D eigenvalue weighted by atomic mass is 16.5. The van der Waals surface area contributed by atoms with Crippen LogP contribution in [-0.4, -0.2) is 36.2 Å². The maximum atomic E-state index is 12.3. The molecule has 0 aromatic carbocycles. The van der Waals surface area contributed by atoms with Crippen LogP contribution in [0.4, 0.5) is 0 Å². The van der Waals surface area contributed by atoms with Gasteiger partial charge in [0.2, 0.25) is 5.91 Å². The number of hydrogen-bond donors (Lipinski definition) is 2. The molecule has 1 atom stereocenters. The second kappa shape index (κ2) is 40.3. The van der Waals surface area contributed by atoms with E-state index in [4.69, 9.17) is 4.74 Å². The molecule has 0 aromatic rings. The molecule has 5 nitrogen and oxygen atoms in total. The molecule has 0 saturated carbocycles. The fourth-order valence-corrected chi connectivity index (χ4v) is 6.73. The molecule has 1 amide bonds. The second-order valence-corrected chi connectivity index (χ2v) is 14.9. The smallest absolute Gasteiger partial charge is 0.331 e. The highest BCUT2D eigenvalue weighted by molar-refractivity contribution is 5.84. The summed E-state index contributed by atoms with van der Waals surface area (Å²) in [6, 6.07) is -0.945. The lowest BCUT2D eigenvalue weighted by molar-refractivity contribution is -0.149. The van der Waals surface area contributed by atoms with Gasteiger partial charge in [-0.1, -0.05) is 226 Å². The van der Waals surface area contributed by atoms with Gasteiger partial charge in [-0.2, -0.15) is 0 Å². The van der Waals surface area contributed by atoms with Gasteiger partial charge in [-0.25, -0.2) is 4.79 Å². The monoisotopic (exact) mass is 680 g/mol. The van der Waals surface area contributed by atoms with Crippen molar-refractivity contribution in [1.29, 1.82) is 0 Å². The highest BCUT2D eigenvalue weighted by Crippen LogP contribution is 2.16. The van der Waals surface area contributed by atoms with Gasteiger partial charge in [0, 0.05) is 6.42 Å². The summed E-state index contributed by atoms with van der Waals surface area (Å²) in [7, 11) is 0. The molecule has 0 heterocycles. The number of aliphatic hydroxyl groups excluding tert-OH is 1. The van der Waals surface area contributed by atoms with Gasteiger partial charge in [0.25, 0.3) is 0 Å². The summed E-state index contributed by atoms with van der Waals surface area (Å²) in [6.07, 6.45) is 46.6. The minimum Gasteiger partial charge on any atom is -0.464 e. The molecule has 0 aromatic heterocycles. The first-order valence-corrected chi connectivity index (χ1v) is 21.7. The number of unbranched alkanes of at least 4 members (excludes halogenated alkanes) is 33. The summed E-state index contributed by atoms with van der Waals surface area (Å²) in [4.78, 5) is 24.6. The first-order chi connectivity index (χ1) is 23.7. The summed E-state index contributed by atoms with van der Waals surface area (Å²) in [5, 5.41) is 12.3. The fourth-order valence-electron chi connectivity index (χ4n) is 6.73. The molecular formula is C43H85NO4. The Morgan fingerprint density at radius 1 is 0.438 bits per heavy atom. The third-order valence-corrected chi connectivity index (χ3v) is 10.1. The van der Waals surface area contributed by atoms with Gasteiger partial charge in [0.05, 0.1) is 13.2 Å². The van der Waals surface area contributed by atoms with Gasteiger partial charge in [-0.15, -0.1) is 0 Å². The molecular weight excluding hydrogens is 594 g/mol. The number of ether oxygens (including phenoxy) is 1. The minimum atomic E-state index is -0.945. The zero-order chi connectivity index (χ0) is 35.0. The maximum Gasteiger partial charge on any atom is 0.331 e. The maximum absolute atomic E-state index is 12.3. The minimum absolute atomic E-state index is 0.167. The van der Waals surface area contributed by atoms with E-state index in [1.807, 2.05) is 0 Å². The van der Waals surface area contributed by atoms with Crippen LogP contribution in [-0.2, 0) is 14.3 Å². The zero-order valence-electron chi connectivity index (χ0n) is 32.6. The van der Waals surface area contributed by atoms with Crippen molar-refractivity contribution >= 4 is 11.9 Å². The van der Waals surface area contributed by atoms with Crippen LogP contribution in [0.15, 0.2) is 0 Å². The van der Waals surface area contributed by atoms with Crippen LogP contribution in [0.5, 0.6) is 0 Å². The standard InChI is InChI=1S/C43H85NO4/c1-3-5-7-9-11-13-15-17-18-19-20-21-22-23-24-25-26-27-28-30-32-34-36-38-42(46)44-41(40-45)43(47)48-39-37-35-33-31-29-16-14-12-10-8-6-4-2/h41,45H,3-40H2,1-2H3,(H,44,46)/t41-/m0/s1. The average Bonchev–Trinajstić information content (AvgIpc) is 3.09. The number of amides is 1. The molecule has 0 saturated heterocycles. The normalized spacial score (nSPS) is 12.0.